The van der Waals surface area contributed by atoms with Crippen LogP contribution in [0.2, 0.25) is 0 Å². The Balaban J connectivity index is 1.50. The van der Waals surface area contributed by atoms with Crippen LogP contribution in [0, 0.1) is 0 Å². The zero-order valence-electron chi connectivity index (χ0n) is 19.2. The number of carbonyl (C=O) groups excluding carboxylic acids is 3. The highest BCUT2D eigenvalue weighted by atomic mass is 79.9. The average molecular weight is 613 g/mol. The molecule has 3 aromatic rings. The van der Waals surface area contributed by atoms with Crippen molar-refractivity contribution in [1.82, 2.24) is 4.57 Å². The minimum atomic E-state index is -4.11. The summed E-state index contributed by atoms with van der Waals surface area (Å²) in [5.41, 5.74) is 1.94. The summed E-state index contributed by atoms with van der Waals surface area (Å²) in [6, 6.07) is 5.61. The van der Waals surface area contributed by atoms with Crippen LogP contribution in [0.15, 0.2) is 40.3 Å². The Hall–Kier alpha value is -2.61. The molecule has 1 N–H and O–H groups in total. The second kappa shape index (κ2) is 10.8. The minimum absolute atomic E-state index is 0.268. The molecule has 1 aliphatic rings. The summed E-state index contributed by atoms with van der Waals surface area (Å²) >= 11 is 5.90. The zero-order valence-corrected chi connectivity index (χ0v) is 23.2. The van der Waals surface area contributed by atoms with Crippen LogP contribution in [0.4, 0.5) is 5.00 Å². The van der Waals surface area contributed by atoms with E-state index < -0.39 is 39.1 Å². The Bertz CT molecular complexity index is 1570. The monoisotopic (exact) mass is 611 g/mol. The lowest BCUT2D eigenvalue weighted by atomic mass is 10.1. The molecule has 13 heteroatoms. The minimum Gasteiger partial charge on any atom is -0.465 e. The molecule has 9 nitrogen and oxygen atoms in total. The molecule has 0 aliphatic heterocycles. The molecule has 1 aliphatic carbocycles. The van der Waals surface area contributed by atoms with E-state index in [9.17, 15) is 22.8 Å². The maximum atomic E-state index is 12.6. The Kier molecular flexibility index (Phi) is 7.93. The third-order valence-corrected chi connectivity index (χ3v) is 9.57. The van der Waals surface area contributed by atoms with Crippen LogP contribution in [-0.4, -0.2) is 49.4 Å². The van der Waals surface area contributed by atoms with Crippen molar-refractivity contribution < 1.29 is 27.5 Å². The first kappa shape index (κ1) is 26.5. The average Bonchev–Trinajstić information content (AvgIpc) is 3.45. The molecule has 0 unspecified atom stereocenters. The Morgan fingerprint density at radius 1 is 1.25 bits per heavy atom. The molecule has 0 radical (unpaired) electrons. The molecule has 2 amide bonds. The zero-order chi connectivity index (χ0) is 26.0. The number of nitrogens with one attached hydrogen (secondary N) is 1. The number of nitrogens with zero attached hydrogens (tertiary/aromatic N) is 2. The summed E-state index contributed by atoms with van der Waals surface area (Å²) in [6.45, 7) is 4.11. The molecule has 2 heterocycles. The lowest BCUT2D eigenvalue weighted by Crippen LogP contribution is -2.28. The van der Waals surface area contributed by atoms with Gasteiger partial charge in [-0.05, 0) is 43.0 Å². The lowest BCUT2D eigenvalue weighted by Gasteiger charge is -2.07. The largest absolute Gasteiger partial charge is 0.465 e. The fourth-order valence-electron chi connectivity index (χ4n) is 3.99. The van der Waals surface area contributed by atoms with Gasteiger partial charge in [0.1, 0.15) is 16.5 Å². The number of amides is 2. The highest BCUT2D eigenvalue weighted by Crippen LogP contribution is 2.39. The number of thiophene rings is 1. The normalized spacial score (nSPS) is 13.6. The molecular formula is C23H22BrN3O6S3. The number of carbonyl (C=O) groups is 3. The fourth-order valence-corrected chi connectivity index (χ4v) is 7.91. The van der Waals surface area contributed by atoms with Gasteiger partial charge in [-0.1, -0.05) is 33.3 Å². The number of hydrogen-bond acceptors (Lipinski definition) is 8. The van der Waals surface area contributed by atoms with E-state index in [1.54, 1.807) is 10.6 Å². The number of esters is 1. The van der Waals surface area contributed by atoms with E-state index in [4.69, 9.17) is 4.74 Å². The Morgan fingerprint density at radius 2 is 2.03 bits per heavy atom. The van der Waals surface area contributed by atoms with E-state index in [1.165, 1.54) is 29.8 Å². The first-order valence-corrected chi connectivity index (χ1v) is 15.1. The van der Waals surface area contributed by atoms with Gasteiger partial charge in [0.2, 0.25) is 5.91 Å². The molecule has 0 spiro atoms. The standard InChI is InChI=1S/C23H22BrN3O6S3/c1-3-9-27-15-8-7-13(24)10-17(15)35-23(27)26-19(29)12-36(31,32)11-18(28)25-21-20(22(30)33-2)14-5-4-6-16(14)34-21/h3,7-8,10H,1,4-6,9,11-12H2,2H3,(H,25,28). The van der Waals surface area contributed by atoms with Gasteiger partial charge in [0.25, 0.3) is 5.91 Å². The highest BCUT2D eigenvalue weighted by molar-refractivity contribution is 9.10. The quantitative estimate of drug-likeness (QED) is 0.307. The molecule has 190 valence electrons. The Morgan fingerprint density at radius 3 is 2.75 bits per heavy atom. The van der Waals surface area contributed by atoms with Crippen LogP contribution in [0.3, 0.4) is 0 Å². The maximum Gasteiger partial charge on any atom is 0.341 e. The number of thiazole rings is 1. The van der Waals surface area contributed by atoms with E-state index in [1.807, 2.05) is 18.2 Å². The van der Waals surface area contributed by atoms with Gasteiger partial charge in [-0.25, -0.2) is 13.2 Å². The number of hydrogen-bond donors (Lipinski definition) is 1. The number of methoxy groups -OCH3 is 1. The molecule has 0 saturated carbocycles. The third-order valence-electron chi connectivity index (χ3n) is 5.43. The maximum absolute atomic E-state index is 12.6. The van der Waals surface area contributed by atoms with Gasteiger partial charge in [-0.3, -0.25) is 9.59 Å². The summed E-state index contributed by atoms with van der Waals surface area (Å²) in [5, 5.41) is 2.79. The van der Waals surface area contributed by atoms with Crippen LogP contribution in [-0.2, 0) is 43.5 Å². The topological polar surface area (TPSA) is 124 Å². The van der Waals surface area contributed by atoms with Crippen LogP contribution in [0.5, 0.6) is 0 Å². The number of allylic oxidation sites excluding steroid dienone is 1. The summed E-state index contributed by atoms with van der Waals surface area (Å²) in [4.78, 5) is 42.7. The van der Waals surface area contributed by atoms with E-state index >= 15 is 0 Å². The number of ether oxygens (including phenoxy) is 1. The number of halogens is 1. The first-order chi connectivity index (χ1) is 17.1. The summed E-state index contributed by atoms with van der Waals surface area (Å²) < 4.78 is 33.6. The van der Waals surface area contributed by atoms with Crippen molar-refractivity contribution in [1.29, 1.82) is 0 Å². The van der Waals surface area contributed by atoms with Gasteiger partial charge < -0.3 is 14.6 Å². The van der Waals surface area contributed by atoms with Crippen LogP contribution in [0.25, 0.3) is 10.2 Å². The lowest BCUT2D eigenvalue weighted by molar-refractivity contribution is -0.115. The SMILES string of the molecule is C=CCn1c(=NC(=O)CS(=O)(=O)CC(=O)Nc2sc3c(c2C(=O)OC)CCC3)sc2cc(Br)ccc21. The number of aryl methyl sites for hydroxylation is 1. The molecule has 0 bridgehead atoms. The van der Waals surface area contributed by atoms with E-state index in [0.717, 1.165) is 38.0 Å². The van der Waals surface area contributed by atoms with Crippen LogP contribution >= 0.6 is 38.6 Å². The number of anilines is 1. The number of benzene rings is 1. The first-order valence-electron chi connectivity index (χ1n) is 10.8. The van der Waals surface area contributed by atoms with E-state index in [0.29, 0.717) is 17.8 Å². The van der Waals surface area contributed by atoms with Gasteiger partial charge in [-0.2, -0.15) is 4.99 Å². The van der Waals surface area contributed by atoms with Crippen molar-refractivity contribution in [2.75, 3.05) is 23.9 Å². The summed E-state index contributed by atoms with van der Waals surface area (Å²) in [7, 11) is -2.86. The number of sulfone groups is 1. The number of rotatable bonds is 8. The third kappa shape index (κ3) is 5.69. The molecule has 0 fully saturated rings. The second-order valence-corrected chi connectivity index (χ2v) is 13.1. The van der Waals surface area contributed by atoms with Crippen molar-refractivity contribution in [3.8, 4) is 0 Å². The molecule has 0 atom stereocenters. The molecule has 2 aromatic heterocycles. The number of aromatic nitrogens is 1. The van der Waals surface area contributed by atoms with Crippen molar-refractivity contribution in [2.24, 2.45) is 4.99 Å². The number of fused-ring (bicyclic) bond motifs is 2. The second-order valence-electron chi connectivity index (χ2n) is 8.03. The molecule has 36 heavy (non-hydrogen) atoms. The van der Waals surface area contributed by atoms with E-state index in [-0.39, 0.29) is 10.6 Å². The predicted molar refractivity (Wildman–Crippen MR) is 143 cm³/mol. The smallest absolute Gasteiger partial charge is 0.341 e. The molecule has 4 rings (SSSR count). The molecule has 0 saturated heterocycles. The van der Waals surface area contributed by atoms with Gasteiger partial charge in [0.05, 0.1) is 22.9 Å². The molecular weight excluding hydrogens is 590 g/mol. The van der Waals surface area contributed by atoms with Crippen molar-refractivity contribution in [2.45, 2.75) is 25.8 Å². The highest BCUT2D eigenvalue weighted by Gasteiger charge is 2.29. The van der Waals surface area contributed by atoms with Gasteiger partial charge >= 0.3 is 5.97 Å². The van der Waals surface area contributed by atoms with Crippen LogP contribution < -0.4 is 10.1 Å². The van der Waals surface area contributed by atoms with Crippen LogP contribution in [0.1, 0.15) is 27.2 Å². The van der Waals surface area contributed by atoms with E-state index in [2.05, 4.69) is 32.8 Å². The predicted octanol–water partition coefficient (Wildman–Crippen LogP) is 3.47. The van der Waals surface area contributed by atoms with Gasteiger partial charge in [-0.15, -0.1) is 17.9 Å². The summed E-state index contributed by atoms with van der Waals surface area (Å²) in [6.07, 6.45) is 4.04. The van der Waals surface area contributed by atoms with Crippen molar-refractivity contribution >= 4 is 81.4 Å². The molecule has 1 aromatic carbocycles. The fraction of sp³-hybridized carbons (Fsp3) is 0.304. The van der Waals surface area contributed by atoms with Crippen molar-refractivity contribution in [3.05, 3.63) is 56.1 Å². The van der Waals surface area contributed by atoms with Gasteiger partial charge in [0, 0.05) is 15.9 Å². The van der Waals surface area contributed by atoms with Crippen molar-refractivity contribution in [3.63, 3.8) is 0 Å². The van der Waals surface area contributed by atoms with Gasteiger partial charge in [0.15, 0.2) is 14.6 Å². The Labute approximate surface area is 223 Å². The summed E-state index contributed by atoms with van der Waals surface area (Å²) in [5.74, 6) is -4.12.